The molecule has 0 radical (unpaired) electrons. The molecule has 0 aromatic rings. The lowest BCUT2D eigenvalue weighted by atomic mass is 10.1. The zero-order valence-corrected chi connectivity index (χ0v) is 17.5. The van der Waals surface area contributed by atoms with Crippen LogP contribution in [0.15, 0.2) is 0 Å². The number of carbonyl (C=O) groups is 7. The number of primary amides is 1. The Morgan fingerprint density at radius 1 is 0.788 bits per heavy atom. The van der Waals surface area contributed by atoms with Crippen molar-refractivity contribution in [3.8, 4) is 0 Å². The van der Waals surface area contributed by atoms with Gasteiger partial charge in [-0.3, -0.25) is 28.8 Å². The first-order chi connectivity index (χ1) is 15.1. The fourth-order valence-corrected chi connectivity index (χ4v) is 2.40. The summed E-state index contributed by atoms with van der Waals surface area (Å²) in [4.78, 5) is 81.1. The van der Waals surface area contributed by atoms with Crippen LogP contribution in [-0.2, 0) is 33.6 Å². The van der Waals surface area contributed by atoms with Crippen molar-refractivity contribution < 1.29 is 54.0 Å². The number of carboxylic acids is 3. The second-order valence-corrected chi connectivity index (χ2v) is 6.99. The third-order valence-electron chi connectivity index (χ3n) is 4.10. The van der Waals surface area contributed by atoms with Crippen molar-refractivity contribution in [2.24, 2.45) is 11.5 Å². The Morgan fingerprint density at radius 2 is 1.27 bits per heavy atom. The lowest BCUT2D eigenvalue weighted by Crippen LogP contribution is -2.59. The molecule has 16 nitrogen and oxygen atoms in total. The van der Waals surface area contributed by atoms with Crippen LogP contribution in [0, 0.1) is 0 Å². The molecule has 186 valence electrons. The van der Waals surface area contributed by atoms with Crippen molar-refractivity contribution in [3.63, 3.8) is 0 Å². The summed E-state index contributed by atoms with van der Waals surface area (Å²) in [7, 11) is 0. The highest BCUT2D eigenvalue weighted by molar-refractivity contribution is 5.97. The first kappa shape index (κ1) is 29.2. The molecule has 0 rings (SSSR count). The number of hydrogen-bond donors (Lipinski definition) is 9. The van der Waals surface area contributed by atoms with Crippen LogP contribution < -0.4 is 27.4 Å². The van der Waals surface area contributed by atoms with Crippen LogP contribution in [-0.4, -0.2) is 92.2 Å². The van der Waals surface area contributed by atoms with Gasteiger partial charge in [-0.25, -0.2) is 4.79 Å². The maximum absolute atomic E-state index is 12.5. The smallest absolute Gasteiger partial charge is 0.328 e. The Hall–Kier alpha value is -3.79. The molecule has 0 fully saturated rings. The number of nitrogens with one attached hydrogen (secondary N) is 3. The van der Waals surface area contributed by atoms with Crippen molar-refractivity contribution in [1.29, 1.82) is 0 Å². The largest absolute Gasteiger partial charge is 0.481 e. The van der Waals surface area contributed by atoms with Gasteiger partial charge in [-0.1, -0.05) is 0 Å². The van der Waals surface area contributed by atoms with Crippen LogP contribution in [0.3, 0.4) is 0 Å². The number of aliphatic hydroxyl groups excluding tert-OH is 1. The number of rotatable bonds is 15. The van der Waals surface area contributed by atoms with Gasteiger partial charge in [0, 0.05) is 6.42 Å². The van der Waals surface area contributed by atoms with Gasteiger partial charge in [-0.2, -0.15) is 0 Å². The topological polar surface area (TPSA) is 289 Å². The lowest BCUT2D eigenvalue weighted by Gasteiger charge is -2.24. The molecule has 16 heteroatoms. The molecule has 0 aliphatic carbocycles. The summed E-state index contributed by atoms with van der Waals surface area (Å²) in [6, 6.07) is -6.76. The van der Waals surface area contributed by atoms with Gasteiger partial charge < -0.3 is 47.8 Å². The normalized spacial score (nSPS) is 15.1. The van der Waals surface area contributed by atoms with E-state index >= 15 is 0 Å². The Balaban J connectivity index is 5.51. The number of nitrogens with two attached hydrogens (primary N) is 2. The van der Waals surface area contributed by atoms with Crippen LogP contribution in [0.5, 0.6) is 0 Å². The third-order valence-corrected chi connectivity index (χ3v) is 4.10. The highest BCUT2D eigenvalue weighted by Crippen LogP contribution is 2.02. The first-order valence-corrected chi connectivity index (χ1v) is 9.45. The zero-order chi connectivity index (χ0) is 25.9. The first-order valence-electron chi connectivity index (χ1n) is 9.45. The third kappa shape index (κ3) is 11.4. The summed E-state index contributed by atoms with van der Waals surface area (Å²) in [6.45, 7) is 1.05. The Labute approximate surface area is 186 Å². The number of hydrogen-bond acceptors (Lipinski definition) is 9. The van der Waals surface area contributed by atoms with Crippen molar-refractivity contribution in [2.45, 2.75) is 62.9 Å². The molecule has 0 spiro atoms. The van der Waals surface area contributed by atoms with Crippen LogP contribution in [0.25, 0.3) is 0 Å². The predicted molar refractivity (Wildman–Crippen MR) is 106 cm³/mol. The quantitative estimate of drug-likeness (QED) is 0.108. The fraction of sp³-hybridized carbons (Fsp3) is 0.588. The van der Waals surface area contributed by atoms with Gasteiger partial charge in [-0.15, -0.1) is 0 Å². The van der Waals surface area contributed by atoms with Gasteiger partial charge in [0.05, 0.1) is 25.0 Å². The maximum Gasteiger partial charge on any atom is 0.328 e. The molecular formula is C17H27N5O11. The van der Waals surface area contributed by atoms with E-state index in [1.54, 1.807) is 0 Å². The summed E-state index contributed by atoms with van der Waals surface area (Å²) in [5.74, 6) is -9.01. The molecule has 0 bridgehead atoms. The highest BCUT2D eigenvalue weighted by Gasteiger charge is 2.33. The number of carbonyl (C=O) groups excluding carboxylic acids is 4. The molecule has 0 aromatic heterocycles. The molecule has 5 unspecified atom stereocenters. The van der Waals surface area contributed by atoms with E-state index in [2.05, 4.69) is 5.32 Å². The molecule has 0 aliphatic rings. The molecule has 0 aromatic carbocycles. The lowest BCUT2D eigenvalue weighted by molar-refractivity contribution is -0.146. The molecule has 0 saturated carbocycles. The van der Waals surface area contributed by atoms with Gasteiger partial charge >= 0.3 is 17.9 Å². The number of aliphatic carboxylic acids is 3. The van der Waals surface area contributed by atoms with Crippen LogP contribution in [0.1, 0.15) is 32.6 Å². The monoisotopic (exact) mass is 477 g/mol. The Kier molecular flexibility index (Phi) is 12.0. The summed E-state index contributed by atoms with van der Waals surface area (Å²) >= 11 is 0. The molecule has 0 saturated heterocycles. The van der Waals surface area contributed by atoms with Crippen molar-refractivity contribution in [3.05, 3.63) is 0 Å². The molecule has 4 amide bonds. The van der Waals surface area contributed by atoms with E-state index < -0.39 is 91.1 Å². The molecular weight excluding hydrogens is 450 g/mol. The molecule has 5 atom stereocenters. The molecule has 0 aliphatic heterocycles. The number of carboxylic acid groups (broad SMARTS) is 3. The van der Waals surface area contributed by atoms with Gasteiger partial charge in [-0.05, 0) is 13.3 Å². The maximum atomic E-state index is 12.5. The second-order valence-electron chi connectivity index (χ2n) is 6.99. The number of amides is 4. The highest BCUT2D eigenvalue weighted by atomic mass is 16.4. The summed E-state index contributed by atoms with van der Waals surface area (Å²) in [5.41, 5.74) is 10.6. The number of aliphatic hydroxyl groups is 1. The average Bonchev–Trinajstić information content (AvgIpc) is 2.67. The zero-order valence-electron chi connectivity index (χ0n) is 17.5. The average molecular weight is 477 g/mol. The van der Waals surface area contributed by atoms with Gasteiger partial charge in [0.15, 0.2) is 6.04 Å². The minimum absolute atomic E-state index is 0.300. The van der Waals surface area contributed by atoms with Crippen molar-refractivity contribution in [2.75, 3.05) is 0 Å². The summed E-state index contributed by atoms with van der Waals surface area (Å²) in [5, 5.41) is 42.0. The molecule has 11 N–H and O–H groups in total. The van der Waals surface area contributed by atoms with Crippen LogP contribution in [0.4, 0.5) is 0 Å². The van der Waals surface area contributed by atoms with Crippen molar-refractivity contribution >= 4 is 41.5 Å². The van der Waals surface area contributed by atoms with Crippen molar-refractivity contribution in [1.82, 2.24) is 16.0 Å². The minimum Gasteiger partial charge on any atom is -0.481 e. The van der Waals surface area contributed by atoms with E-state index in [9.17, 15) is 38.7 Å². The van der Waals surface area contributed by atoms with Crippen LogP contribution in [0.2, 0.25) is 0 Å². The van der Waals surface area contributed by atoms with Gasteiger partial charge in [0.25, 0.3) is 0 Å². The van der Waals surface area contributed by atoms with Gasteiger partial charge in [0.2, 0.25) is 23.6 Å². The predicted octanol–water partition coefficient (Wildman–Crippen LogP) is -4.55. The van der Waals surface area contributed by atoms with E-state index in [-0.39, 0.29) is 6.42 Å². The Bertz CT molecular complexity index is 785. The van der Waals surface area contributed by atoms with E-state index in [1.807, 2.05) is 10.6 Å². The minimum atomic E-state index is -1.86. The summed E-state index contributed by atoms with van der Waals surface area (Å²) < 4.78 is 0. The molecule has 0 heterocycles. The molecule has 33 heavy (non-hydrogen) atoms. The van der Waals surface area contributed by atoms with E-state index in [4.69, 9.17) is 26.8 Å². The SMILES string of the molecule is CC(O)C(NC(=O)C(CC(=O)O)NC(=O)C(CC(N)=O)NC(=O)C(N)CCC(=O)O)C(=O)O. The standard InChI is InChI=1S/C17H27N5O11/c1-6(23)13(17(32)33)22-16(31)9(5-12(27)28)21-15(30)8(4-10(19)24)20-14(29)7(18)2-3-11(25)26/h6-9,13,23H,2-5,18H2,1H3,(H2,19,24)(H,20,29)(H,21,30)(H,22,31)(H,25,26)(H,27,28)(H,32,33). The van der Waals surface area contributed by atoms with Gasteiger partial charge in [0.1, 0.15) is 12.1 Å². The second kappa shape index (κ2) is 13.6. The van der Waals surface area contributed by atoms with E-state index in [0.717, 1.165) is 6.92 Å². The van der Waals surface area contributed by atoms with Crippen LogP contribution >= 0.6 is 0 Å². The van der Waals surface area contributed by atoms with E-state index in [1.165, 1.54) is 0 Å². The van der Waals surface area contributed by atoms with E-state index in [0.29, 0.717) is 0 Å². The fourth-order valence-electron chi connectivity index (χ4n) is 2.40. The Morgan fingerprint density at radius 3 is 1.70 bits per heavy atom. The summed E-state index contributed by atoms with van der Waals surface area (Å²) in [6.07, 6.45) is -4.13.